The number of nitrogens with zero attached hydrogens (tertiary/aromatic N) is 2. The molecule has 0 bridgehead atoms. The number of imidazole rings is 1. The molecule has 2 N–H and O–H groups in total. The van der Waals surface area contributed by atoms with Gasteiger partial charge in [0.15, 0.2) is 0 Å². The second-order valence-electron chi connectivity index (χ2n) is 5.21. The summed E-state index contributed by atoms with van der Waals surface area (Å²) < 4.78 is 7.40. The van der Waals surface area contributed by atoms with Crippen LogP contribution in [0.3, 0.4) is 0 Å². The van der Waals surface area contributed by atoms with Crippen molar-refractivity contribution in [2.24, 2.45) is 0 Å². The van der Waals surface area contributed by atoms with Crippen molar-refractivity contribution >= 4 is 5.82 Å². The zero-order valence-corrected chi connectivity index (χ0v) is 12.7. The first-order chi connectivity index (χ1) is 9.58. The summed E-state index contributed by atoms with van der Waals surface area (Å²) in [5.41, 5.74) is 8.17. The van der Waals surface area contributed by atoms with Crippen molar-refractivity contribution in [3.63, 3.8) is 0 Å². The van der Waals surface area contributed by atoms with Crippen LogP contribution in [0, 0.1) is 0 Å². The Morgan fingerprint density at radius 1 is 1.35 bits per heavy atom. The maximum Gasteiger partial charge on any atom is 0.131 e. The summed E-state index contributed by atoms with van der Waals surface area (Å²) in [7, 11) is 1.66. The lowest BCUT2D eigenvalue weighted by Gasteiger charge is -2.13. The predicted octanol–water partition coefficient (Wildman–Crippen LogP) is 3.67. The molecular weight excluding hydrogens is 250 g/mol. The Balaban J connectivity index is 2.53. The van der Waals surface area contributed by atoms with Gasteiger partial charge < -0.3 is 15.0 Å². The van der Waals surface area contributed by atoms with Crippen LogP contribution in [-0.2, 0) is 6.42 Å². The van der Waals surface area contributed by atoms with Crippen LogP contribution in [0.15, 0.2) is 24.3 Å². The Kier molecular flexibility index (Phi) is 4.32. The van der Waals surface area contributed by atoms with Crippen LogP contribution in [-0.4, -0.2) is 16.7 Å². The van der Waals surface area contributed by atoms with Crippen molar-refractivity contribution in [3.8, 4) is 17.0 Å². The third kappa shape index (κ3) is 2.64. The van der Waals surface area contributed by atoms with E-state index in [4.69, 9.17) is 15.5 Å². The smallest absolute Gasteiger partial charge is 0.131 e. The Hall–Kier alpha value is -1.97. The predicted molar refractivity (Wildman–Crippen MR) is 83.0 cm³/mol. The highest BCUT2D eigenvalue weighted by Crippen LogP contribution is 2.31. The topological polar surface area (TPSA) is 53.1 Å². The van der Waals surface area contributed by atoms with Crippen LogP contribution in [0.2, 0.25) is 0 Å². The summed E-state index contributed by atoms with van der Waals surface area (Å²) in [5.74, 6) is 2.60. The molecule has 0 unspecified atom stereocenters. The largest absolute Gasteiger partial charge is 0.497 e. The molecule has 20 heavy (non-hydrogen) atoms. The maximum atomic E-state index is 6.32. The lowest BCUT2D eigenvalue weighted by atomic mass is 10.1. The summed E-state index contributed by atoms with van der Waals surface area (Å²) in [6.45, 7) is 6.42. The number of hydrogen-bond acceptors (Lipinski definition) is 3. The number of nitrogen functional groups attached to an aromatic ring is 1. The molecule has 0 saturated heterocycles. The number of aryl methyl sites for hydroxylation is 1. The van der Waals surface area contributed by atoms with Gasteiger partial charge in [0, 0.05) is 18.0 Å². The molecule has 1 aromatic carbocycles. The highest BCUT2D eigenvalue weighted by Gasteiger charge is 2.17. The van der Waals surface area contributed by atoms with E-state index in [1.165, 1.54) is 0 Å². The third-order valence-electron chi connectivity index (χ3n) is 3.35. The molecule has 4 nitrogen and oxygen atoms in total. The van der Waals surface area contributed by atoms with Crippen LogP contribution in [0.4, 0.5) is 5.82 Å². The van der Waals surface area contributed by atoms with Gasteiger partial charge in [-0.15, -0.1) is 0 Å². The zero-order chi connectivity index (χ0) is 14.7. The zero-order valence-electron chi connectivity index (χ0n) is 12.7. The minimum Gasteiger partial charge on any atom is -0.497 e. The fourth-order valence-corrected chi connectivity index (χ4v) is 2.45. The lowest BCUT2D eigenvalue weighted by Crippen LogP contribution is -2.09. The minimum atomic E-state index is 0.309. The van der Waals surface area contributed by atoms with Gasteiger partial charge in [0.05, 0.1) is 7.11 Å². The molecule has 0 aliphatic carbocycles. The molecule has 2 aromatic rings. The molecule has 108 valence electrons. The Morgan fingerprint density at radius 3 is 2.70 bits per heavy atom. The second kappa shape index (κ2) is 5.99. The fourth-order valence-electron chi connectivity index (χ4n) is 2.45. The SMILES string of the molecule is CCCc1nc(-c2cccc(OC)c2)c(N)n1C(C)C. The molecule has 4 heteroatoms. The molecular formula is C16H23N3O. The van der Waals surface area contributed by atoms with E-state index in [1.807, 2.05) is 24.3 Å². The number of rotatable bonds is 5. The molecule has 0 atom stereocenters. The monoisotopic (exact) mass is 273 g/mol. The highest BCUT2D eigenvalue weighted by molar-refractivity contribution is 5.72. The first-order valence-corrected chi connectivity index (χ1v) is 7.09. The minimum absolute atomic E-state index is 0.309. The van der Waals surface area contributed by atoms with Crippen molar-refractivity contribution in [2.75, 3.05) is 12.8 Å². The Morgan fingerprint density at radius 2 is 2.10 bits per heavy atom. The normalized spacial score (nSPS) is 11.1. The molecule has 0 fully saturated rings. The summed E-state index contributed by atoms with van der Waals surface area (Å²) in [6, 6.07) is 8.18. The molecule has 0 aliphatic heterocycles. The summed E-state index contributed by atoms with van der Waals surface area (Å²) in [4.78, 5) is 4.75. The van der Waals surface area contributed by atoms with Gasteiger partial charge in [0.2, 0.25) is 0 Å². The van der Waals surface area contributed by atoms with E-state index in [2.05, 4.69) is 25.3 Å². The molecule has 0 saturated carbocycles. The van der Waals surface area contributed by atoms with Gasteiger partial charge in [-0.05, 0) is 32.4 Å². The average molecular weight is 273 g/mol. The van der Waals surface area contributed by atoms with Gasteiger partial charge in [-0.25, -0.2) is 4.98 Å². The number of benzene rings is 1. The van der Waals surface area contributed by atoms with E-state index in [0.29, 0.717) is 6.04 Å². The van der Waals surface area contributed by atoms with Gasteiger partial charge in [0.1, 0.15) is 23.1 Å². The highest BCUT2D eigenvalue weighted by atomic mass is 16.5. The molecule has 0 radical (unpaired) electrons. The number of methoxy groups -OCH3 is 1. The summed E-state index contributed by atoms with van der Waals surface area (Å²) in [5, 5.41) is 0. The van der Waals surface area contributed by atoms with Gasteiger partial charge in [0.25, 0.3) is 0 Å². The number of ether oxygens (including phenoxy) is 1. The van der Waals surface area contributed by atoms with Crippen LogP contribution >= 0.6 is 0 Å². The van der Waals surface area contributed by atoms with E-state index >= 15 is 0 Å². The van der Waals surface area contributed by atoms with Crippen LogP contribution in [0.5, 0.6) is 5.75 Å². The molecule has 2 rings (SSSR count). The Bertz CT molecular complexity index is 587. The van der Waals surface area contributed by atoms with Crippen molar-refractivity contribution in [1.82, 2.24) is 9.55 Å². The summed E-state index contributed by atoms with van der Waals surface area (Å²) >= 11 is 0. The third-order valence-corrected chi connectivity index (χ3v) is 3.35. The maximum absolute atomic E-state index is 6.32. The van der Waals surface area contributed by atoms with Gasteiger partial charge >= 0.3 is 0 Å². The summed E-state index contributed by atoms with van der Waals surface area (Å²) in [6.07, 6.45) is 1.99. The van der Waals surface area contributed by atoms with E-state index in [1.54, 1.807) is 7.11 Å². The molecule has 1 heterocycles. The van der Waals surface area contributed by atoms with Crippen molar-refractivity contribution < 1.29 is 4.74 Å². The number of hydrogen-bond donors (Lipinski definition) is 1. The van der Waals surface area contributed by atoms with Crippen LogP contribution in [0.1, 0.15) is 39.1 Å². The fraction of sp³-hybridized carbons (Fsp3) is 0.438. The van der Waals surface area contributed by atoms with Gasteiger partial charge in [-0.2, -0.15) is 0 Å². The van der Waals surface area contributed by atoms with Gasteiger partial charge in [-0.3, -0.25) is 0 Å². The second-order valence-corrected chi connectivity index (χ2v) is 5.21. The van der Waals surface area contributed by atoms with Gasteiger partial charge in [-0.1, -0.05) is 19.1 Å². The molecule has 1 aromatic heterocycles. The van der Waals surface area contributed by atoms with Crippen LogP contribution in [0.25, 0.3) is 11.3 Å². The van der Waals surface area contributed by atoms with E-state index < -0.39 is 0 Å². The molecule has 0 amide bonds. The quantitative estimate of drug-likeness (QED) is 0.904. The van der Waals surface area contributed by atoms with Crippen molar-refractivity contribution in [3.05, 3.63) is 30.1 Å². The Labute approximate surface area is 120 Å². The number of aromatic nitrogens is 2. The average Bonchev–Trinajstić information content (AvgIpc) is 2.76. The first-order valence-electron chi connectivity index (χ1n) is 7.09. The number of nitrogens with two attached hydrogens (primary N) is 1. The molecule has 0 spiro atoms. The lowest BCUT2D eigenvalue weighted by molar-refractivity contribution is 0.415. The first kappa shape index (κ1) is 14.4. The van der Waals surface area contributed by atoms with Crippen LogP contribution < -0.4 is 10.5 Å². The van der Waals surface area contributed by atoms with E-state index in [0.717, 1.165) is 41.5 Å². The van der Waals surface area contributed by atoms with E-state index in [9.17, 15) is 0 Å². The molecule has 0 aliphatic rings. The number of anilines is 1. The van der Waals surface area contributed by atoms with E-state index in [-0.39, 0.29) is 0 Å². The van der Waals surface area contributed by atoms with Crippen molar-refractivity contribution in [1.29, 1.82) is 0 Å². The van der Waals surface area contributed by atoms with Crippen molar-refractivity contribution in [2.45, 2.75) is 39.7 Å². The standard InChI is InChI=1S/C16H23N3O/c1-5-7-14-18-15(16(17)19(14)11(2)3)12-8-6-9-13(10-12)20-4/h6,8-11H,5,7,17H2,1-4H3.